The molecule has 0 radical (unpaired) electrons. The van der Waals surface area contributed by atoms with Crippen molar-refractivity contribution in [1.82, 2.24) is 21.1 Å². The molecule has 2 aromatic rings. The lowest BCUT2D eigenvalue weighted by atomic mass is 10.4. The van der Waals surface area contributed by atoms with Crippen LogP contribution >= 0.6 is 0 Å². The SMILES string of the molecule is N.Nc1ccnc2nc[nH]c12. The molecule has 0 saturated carbocycles. The summed E-state index contributed by atoms with van der Waals surface area (Å²) >= 11 is 0. The molecule has 0 atom stereocenters. The number of anilines is 1. The average Bonchev–Trinajstić information content (AvgIpc) is 2.36. The van der Waals surface area contributed by atoms with Gasteiger partial charge in [-0.2, -0.15) is 0 Å². The number of hydrogen-bond donors (Lipinski definition) is 3. The van der Waals surface area contributed by atoms with Gasteiger partial charge in [0, 0.05) is 6.20 Å². The van der Waals surface area contributed by atoms with Crippen LogP contribution in [0.15, 0.2) is 18.6 Å². The molecular weight excluding hydrogens is 142 g/mol. The molecule has 5 heteroatoms. The van der Waals surface area contributed by atoms with Crippen LogP contribution in [0.1, 0.15) is 0 Å². The van der Waals surface area contributed by atoms with Gasteiger partial charge in [-0.15, -0.1) is 0 Å². The first-order valence-corrected chi connectivity index (χ1v) is 2.91. The number of aromatic amines is 1. The molecule has 0 bridgehead atoms. The van der Waals surface area contributed by atoms with E-state index in [2.05, 4.69) is 15.0 Å². The molecule has 0 aliphatic rings. The number of fused-ring (bicyclic) bond motifs is 1. The Morgan fingerprint density at radius 1 is 1.36 bits per heavy atom. The van der Waals surface area contributed by atoms with Gasteiger partial charge in [0.15, 0.2) is 5.65 Å². The second-order valence-corrected chi connectivity index (χ2v) is 2.00. The van der Waals surface area contributed by atoms with Gasteiger partial charge in [-0.3, -0.25) is 0 Å². The van der Waals surface area contributed by atoms with E-state index in [4.69, 9.17) is 5.73 Å². The van der Waals surface area contributed by atoms with Crippen molar-refractivity contribution in [2.24, 2.45) is 0 Å². The Morgan fingerprint density at radius 3 is 2.91 bits per heavy atom. The second-order valence-electron chi connectivity index (χ2n) is 2.00. The molecule has 58 valence electrons. The molecule has 0 unspecified atom stereocenters. The lowest BCUT2D eigenvalue weighted by molar-refractivity contribution is 1.30. The molecule has 2 heterocycles. The molecular formula is C6H9N5. The predicted molar refractivity (Wildman–Crippen MR) is 43.3 cm³/mol. The van der Waals surface area contributed by atoms with Crippen LogP contribution in [-0.2, 0) is 0 Å². The highest BCUT2D eigenvalue weighted by atomic mass is 15.0. The Hall–Kier alpha value is -1.62. The fraction of sp³-hybridized carbons (Fsp3) is 0. The minimum Gasteiger partial charge on any atom is -0.397 e. The maximum atomic E-state index is 5.59. The molecule has 0 aromatic carbocycles. The lowest BCUT2D eigenvalue weighted by Crippen LogP contribution is -1.86. The van der Waals surface area contributed by atoms with Crippen LogP contribution in [-0.4, -0.2) is 15.0 Å². The zero-order valence-corrected chi connectivity index (χ0v) is 5.91. The first-order chi connectivity index (χ1) is 4.88. The number of H-pyrrole nitrogens is 1. The quantitative estimate of drug-likeness (QED) is 0.515. The van der Waals surface area contributed by atoms with Gasteiger partial charge >= 0.3 is 0 Å². The topological polar surface area (TPSA) is 103 Å². The van der Waals surface area contributed by atoms with Gasteiger partial charge in [0.1, 0.15) is 5.52 Å². The smallest absolute Gasteiger partial charge is 0.179 e. The lowest BCUT2D eigenvalue weighted by Gasteiger charge is -1.90. The van der Waals surface area contributed by atoms with Gasteiger partial charge in [-0.05, 0) is 6.07 Å². The summed E-state index contributed by atoms with van der Waals surface area (Å²) in [6.07, 6.45) is 3.21. The summed E-state index contributed by atoms with van der Waals surface area (Å²) in [5, 5.41) is 0. The van der Waals surface area contributed by atoms with Crippen LogP contribution in [0.5, 0.6) is 0 Å². The van der Waals surface area contributed by atoms with Crippen LogP contribution in [0.3, 0.4) is 0 Å². The van der Waals surface area contributed by atoms with E-state index in [1.807, 2.05) is 0 Å². The van der Waals surface area contributed by atoms with Crippen LogP contribution in [0.25, 0.3) is 11.2 Å². The average molecular weight is 151 g/mol. The Kier molecular flexibility index (Phi) is 1.74. The van der Waals surface area contributed by atoms with Crippen molar-refractivity contribution in [2.45, 2.75) is 0 Å². The summed E-state index contributed by atoms with van der Waals surface area (Å²) in [5.74, 6) is 0. The van der Waals surface area contributed by atoms with Crippen molar-refractivity contribution < 1.29 is 0 Å². The normalized spacial score (nSPS) is 9.45. The summed E-state index contributed by atoms with van der Waals surface area (Å²) in [4.78, 5) is 10.8. The number of nitrogens with two attached hydrogens (primary N) is 1. The van der Waals surface area contributed by atoms with Gasteiger partial charge in [-0.1, -0.05) is 0 Å². The third kappa shape index (κ3) is 1.01. The monoisotopic (exact) mass is 151 g/mol. The van der Waals surface area contributed by atoms with Crippen molar-refractivity contribution in [1.29, 1.82) is 0 Å². The van der Waals surface area contributed by atoms with Gasteiger partial charge in [0.25, 0.3) is 0 Å². The highest BCUT2D eigenvalue weighted by Gasteiger charge is 1.97. The molecule has 0 saturated heterocycles. The van der Waals surface area contributed by atoms with E-state index in [1.165, 1.54) is 0 Å². The Morgan fingerprint density at radius 2 is 2.18 bits per heavy atom. The molecule has 6 N–H and O–H groups in total. The van der Waals surface area contributed by atoms with Gasteiger partial charge in [0.2, 0.25) is 0 Å². The maximum Gasteiger partial charge on any atom is 0.179 e. The number of nitrogens with zero attached hydrogens (tertiary/aromatic N) is 2. The summed E-state index contributed by atoms with van der Waals surface area (Å²) in [6.45, 7) is 0. The molecule has 0 amide bonds. The zero-order valence-electron chi connectivity index (χ0n) is 5.91. The summed E-state index contributed by atoms with van der Waals surface area (Å²) < 4.78 is 0. The van der Waals surface area contributed by atoms with Crippen molar-refractivity contribution in [3.05, 3.63) is 18.6 Å². The largest absolute Gasteiger partial charge is 0.397 e. The van der Waals surface area contributed by atoms with Crippen molar-refractivity contribution in [3.63, 3.8) is 0 Å². The van der Waals surface area contributed by atoms with Crippen molar-refractivity contribution in [2.75, 3.05) is 5.73 Å². The number of hydrogen-bond acceptors (Lipinski definition) is 4. The fourth-order valence-corrected chi connectivity index (χ4v) is 0.869. The highest BCUT2D eigenvalue weighted by molar-refractivity contribution is 5.82. The van der Waals surface area contributed by atoms with Crippen molar-refractivity contribution >= 4 is 16.9 Å². The zero-order chi connectivity index (χ0) is 6.97. The van der Waals surface area contributed by atoms with Gasteiger partial charge < -0.3 is 16.9 Å². The molecule has 0 aliphatic heterocycles. The Labute approximate surface area is 63.2 Å². The van der Waals surface area contributed by atoms with Crippen LogP contribution in [0.2, 0.25) is 0 Å². The molecule has 0 fully saturated rings. The van der Waals surface area contributed by atoms with E-state index >= 15 is 0 Å². The number of rotatable bonds is 0. The minimum atomic E-state index is 0. The fourth-order valence-electron chi connectivity index (χ4n) is 0.869. The third-order valence-corrected chi connectivity index (χ3v) is 1.36. The van der Waals surface area contributed by atoms with E-state index < -0.39 is 0 Å². The van der Waals surface area contributed by atoms with Crippen LogP contribution in [0, 0.1) is 0 Å². The minimum absolute atomic E-state index is 0. The molecule has 5 nitrogen and oxygen atoms in total. The number of pyridine rings is 1. The highest BCUT2D eigenvalue weighted by Crippen LogP contribution is 2.12. The molecule has 11 heavy (non-hydrogen) atoms. The number of nitrogen functional groups attached to an aromatic ring is 1. The maximum absolute atomic E-state index is 5.59. The van der Waals surface area contributed by atoms with Gasteiger partial charge in [-0.25, -0.2) is 9.97 Å². The first kappa shape index (κ1) is 7.49. The third-order valence-electron chi connectivity index (χ3n) is 1.36. The number of aromatic nitrogens is 3. The molecule has 2 aromatic heterocycles. The van der Waals surface area contributed by atoms with Gasteiger partial charge in [0.05, 0.1) is 12.0 Å². The second kappa shape index (κ2) is 2.55. The van der Waals surface area contributed by atoms with E-state index in [0.717, 1.165) is 5.52 Å². The van der Waals surface area contributed by atoms with E-state index in [1.54, 1.807) is 18.6 Å². The predicted octanol–water partition coefficient (Wildman–Crippen LogP) is 0.702. The van der Waals surface area contributed by atoms with E-state index in [0.29, 0.717) is 11.3 Å². The first-order valence-electron chi connectivity index (χ1n) is 2.91. The number of imidazole rings is 1. The van der Waals surface area contributed by atoms with Crippen LogP contribution < -0.4 is 11.9 Å². The Balaban J connectivity index is 0.000000605. The number of nitrogens with one attached hydrogen (secondary N) is 1. The standard InChI is InChI=1S/C6H6N4.H3N/c7-4-1-2-8-6-5(4)9-3-10-6;/h1-3H,(H3,7,8,9,10);1H3. The molecule has 0 aliphatic carbocycles. The summed E-state index contributed by atoms with van der Waals surface area (Å²) in [5.41, 5.74) is 7.75. The van der Waals surface area contributed by atoms with Crippen molar-refractivity contribution in [3.8, 4) is 0 Å². The van der Waals surface area contributed by atoms with E-state index in [-0.39, 0.29) is 6.15 Å². The Bertz CT molecular complexity index is 353. The molecule has 0 spiro atoms. The summed E-state index contributed by atoms with van der Waals surface area (Å²) in [7, 11) is 0. The molecule has 2 rings (SSSR count). The van der Waals surface area contributed by atoms with Crippen LogP contribution in [0.4, 0.5) is 5.69 Å². The summed E-state index contributed by atoms with van der Waals surface area (Å²) in [6, 6.07) is 1.74. The van der Waals surface area contributed by atoms with E-state index in [9.17, 15) is 0 Å².